The highest BCUT2D eigenvalue weighted by Crippen LogP contribution is 2.18. The first-order valence-corrected chi connectivity index (χ1v) is 9.54. The molecule has 0 saturated heterocycles. The number of nitrogens with one attached hydrogen (secondary N) is 2. The molecule has 1 aromatic rings. The SMILES string of the molecule is CN=C(NCCC1=CCOCC1)NC(C)c1ccc(OCC(C)C)cc1. The zero-order valence-electron chi connectivity index (χ0n) is 16.5. The average Bonchev–Trinajstić information content (AvgIpc) is 2.66. The molecule has 1 aliphatic heterocycles. The minimum absolute atomic E-state index is 0.169. The molecule has 0 aliphatic carbocycles. The van der Waals surface area contributed by atoms with Crippen LogP contribution >= 0.6 is 0 Å². The quantitative estimate of drug-likeness (QED) is 0.422. The minimum Gasteiger partial charge on any atom is -0.493 e. The van der Waals surface area contributed by atoms with Crippen molar-refractivity contribution in [2.24, 2.45) is 10.9 Å². The van der Waals surface area contributed by atoms with Crippen molar-refractivity contribution in [3.63, 3.8) is 0 Å². The van der Waals surface area contributed by atoms with Crippen LogP contribution < -0.4 is 15.4 Å². The fraction of sp³-hybridized carbons (Fsp3) is 0.571. The second-order valence-corrected chi connectivity index (χ2v) is 7.08. The van der Waals surface area contributed by atoms with Crippen LogP contribution in [0.4, 0.5) is 0 Å². The zero-order valence-corrected chi connectivity index (χ0v) is 16.5. The van der Waals surface area contributed by atoms with Gasteiger partial charge in [-0.1, -0.05) is 37.6 Å². The Labute approximate surface area is 157 Å². The van der Waals surface area contributed by atoms with Crippen LogP contribution in [0.25, 0.3) is 0 Å². The molecule has 2 N–H and O–H groups in total. The van der Waals surface area contributed by atoms with Gasteiger partial charge >= 0.3 is 0 Å². The molecule has 1 heterocycles. The van der Waals surface area contributed by atoms with Crippen LogP contribution in [0.5, 0.6) is 5.75 Å². The Bertz CT molecular complexity index is 594. The molecule has 0 spiro atoms. The summed E-state index contributed by atoms with van der Waals surface area (Å²) in [7, 11) is 1.80. The van der Waals surface area contributed by atoms with Crippen molar-refractivity contribution < 1.29 is 9.47 Å². The number of nitrogens with zero attached hydrogens (tertiary/aromatic N) is 1. The van der Waals surface area contributed by atoms with E-state index in [1.165, 1.54) is 11.1 Å². The second kappa shape index (κ2) is 10.9. The van der Waals surface area contributed by atoms with E-state index in [9.17, 15) is 0 Å². The maximum atomic E-state index is 5.74. The Balaban J connectivity index is 1.78. The number of rotatable bonds is 8. The maximum absolute atomic E-state index is 5.74. The summed E-state index contributed by atoms with van der Waals surface area (Å²) < 4.78 is 11.1. The van der Waals surface area contributed by atoms with Crippen LogP contribution in [-0.2, 0) is 4.74 Å². The highest BCUT2D eigenvalue weighted by molar-refractivity contribution is 5.80. The van der Waals surface area contributed by atoms with Gasteiger partial charge in [0.05, 0.1) is 25.9 Å². The maximum Gasteiger partial charge on any atom is 0.191 e. The van der Waals surface area contributed by atoms with Gasteiger partial charge in [-0.05, 0) is 43.4 Å². The van der Waals surface area contributed by atoms with E-state index in [0.717, 1.165) is 50.9 Å². The first-order chi connectivity index (χ1) is 12.6. The number of ether oxygens (including phenoxy) is 2. The van der Waals surface area contributed by atoms with Gasteiger partial charge in [-0.25, -0.2) is 0 Å². The lowest BCUT2D eigenvalue weighted by Crippen LogP contribution is -2.39. The average molecular weight is 360 g/mol. The Hall–Kier alpha value is -2.01. The highest BCUT2D eigenvalue weighted by Gasteiger charge is 2.09. The van der Waals surface area contributed by atoms with Crippen molar-refractivity contribution in [1.29, 1.82) is 0 Å². The second-order valence-electron chi connectivity index (χ2n) is 7.08. The predicted molar refractivity (Wildman–Crippen MR) is 108 cm³/mol. The number of hydrogen-bond acceptors (Lipinski definition) is 3. The molecule has 0 aromatic heterocycles. The van der Waals surface area contributed by atoms with Crippen LogP contribution in [0, 0.1) is 5.92 Å². The van der Waals surface area contributed by atoms with Crippen molar-refractivity contribution in [1.82, 2.24) is 10.6 Å². The Kier molecular flexibility index (Phi) is 8.48. The molecule has 144 valence electrons. The van der Waals surface area contributed by atoms with Crippen LogP contribution in [0.3, 0.4) is 0 Å². The predicted octanol–water partition coefficient (Wildman–Crippen LogP) is 3.68. The zero-order chi connectivity index (χ0) is 18.8. The van der Waals surface area contributed by atoms with Crippen molar-refractivity contribution >= 4 is 5.96 Å². The van der Waals surface area contributed by atoms with Crippen molar-refractivity contribution in [3.8, 4) is 5.75 Å². The molecule has 0 bridgehead atoms. The molecule has 1 aromatic carbocycles. The summed E-state index contributed by atoms with van der Waals surface area (Å²) in [5, 5.41) is 6.84. The summed E-state index contributed by atoms with van der Waals surface area (Å²) >= 11 is 0. The van der Waals surface area contributed by atoms with Gasteiger partial charge in [0.25, 0.3) is 0 Å². The summed E-state index contributed by atoms with van der Waals surface area (Å²) in [5.74, 6) is 2.27. The van der Waals surface area contributed by atoms with Crippen LogP contribution in [0.1, 0.15) is 45.2 Å². The van der Waals surface area contributed by atoms with E-state index in [0.29, 0.717) is 5.92 Å². The van der Waals surface area contributed by atoms with Crippen LogP contribution in [-0.4, -0.2) is 39.4 Å². The molecule has 5 nitrogen and oxygen atoms in total. The summed E-state index contributed by atoms with van der Waals surface area (Å²) in [6, 6.07) is 8.44. The van der Waals surface area contributed by atoms with Gasteiger partial charge in [-0.2, -0.15) is 0 Å². The largest absolute Gasteiger partial charge is 0.493 e. The van der Waals surface area contributed by atoms with Gasteiger partial charge in [-0.3, -0.25) is 4.99 Å². The van der Waals surface area contributed by atoms with Gasteiger partial charge < -0.3 is 20.1 Å². The number of hydrogen-bond donors (Lipinski definition) is 2. The van der Waals surface area contributed by atoms with E-state index in [1.807, 2.05) is 12.1 Å². The molecule has 0 radical (unpaired) electrons. The van der Waals surface area contributed by atoms with Crippen molar-refractivity contribution in [2.45, 2.75) is 39.7 Å². The van der Waals surface area contributed by atoms with E-state index < -0.39 is 0 Å². The lowest BCUT2D eigenvalue weighted by molar-refractivity contribution is 0.153. The van der Waals surface area contributed by atoms with E-state index in [1.54, 1.807) is 7.05 Å². The van der Waals surface area contributed by atoms with E-state index in [2.05, 4.69) is 54.6 Å². The van der Waals surface area contributed by atoms with Gasteiger partial charge in [0.1, 0.15) is 5.75 Å². The fourth-order valence-corrected chi connectivity index (χ4v) is 2.73. The number of aliphatic imine (C=N–C) groups is 1. The summed E-state index contributed by atoms with van der Waals surface area (Å²) in [6.45, 7) is 9.64. The molecule has 0 fully saturated rings. The van der Waals surface area contributed by atoms with Crippen LogP contribution in [0.15, 0.2) is 40.9 Å². The third-order valence-corrected chi connectivity index (χ3v) is 4.34. The smallest absolute Gasteiger partial charge is 0.191 e. The van der Waals surface area contributed by atoms with Crippen molar-refractivity contribution in [2.75, 3.05) is 33.4 Å². The molecule has 1 aliphatic rings. The lowest BCUT2D eigenvalue weighted by atomic mass is 10.1. The third-order valence-electron chi connectivity index (χ3n) is 4.34. The van der Waals surface area contributed by atoms with Gasteiger partial charge in [0, 0.05) is 13.6 Å². The van der Waals surface area contributed by atoms with Crippen molar-refractivity contribution in [3.05, 3.63) is 41.5 Å². The molecule has 1 atom stereocenters. The topological polar surface area (TPSA) is 54.9 Å². The first kappa shape index (κ1) is 20.3. The summed E-state index contributed by atoms with van der Waals surface area (Å²) in [4.78, 5) is 4.33. The third kappa shape index (κ3) is 7.08. The molecule has 2 rings (SSSR count). The van der Waals surface area contributed by atoms with Crippen LogP contribution in [0.2, 0.25) is 0 Å². The molecule has 0 amide bonds. The normalized spacial score (nSPS) is 16.2. The molecule has 26 heavy (non-hydrogen) atoms. The Morgan fingerprint density at radius 3 is 2.62 bits per heavy atom. The van der Waals surface area contributed by atoms with Gasteiger partial charge in [-0.15, -0.1) is 0 Å². The number of benzene rings is 1. The van der Waals surface area contributed by atoms with E-state index >= 15 is 0 Å². The monoisotopic (exact) mass is 359 g/mol. The fourth-order valence-electron chi connectivity index (χ4n) is 2.73. The lowest BCUT2D eigenvalue weighted by Gasteiger charge is -2.19. The van der Waals surface area contributed by atoms with E-state index in [4.69, 9.17) is 9.47 Å². The minimum atomic E-state index is 0.169. The standard InChI is InChI=1S/C21H33N3O2/c1-16(2)15-26-20-7-5-19(6-8-20)17(3)24-21(22-4)23-12-9-18-10-13-25-14-11-18/h5-8,10,16-17H,9,11-15H2,1-4H3,(H2,22,23,24). The molecular formula is C21H33N3O2. The molecule has 0 saturated carbocycles. The van der Waals surface area contributed by atoms with E-state index in [-0.39, 0.29) is 6.04 Å². The Morgan fingerprint density at radius 2 is 2.00 bits per heavy atom. The Morgan fingerprint density at radius 1 is 1.23 bits per heavy atom. The summed E-state index contributed by atoms with van der Waals surface area (Å²) in [6.07, 6.45) is 4.25. The summed E-state index contributed by atoms with van der Waals surface area (Å²) in [5.41, 5.74) is 2.67. The molecule has 5 heteroatoms. The number of guanidine groups is 1. The molecule has 1 unspecified atom stereocenters. The first-order valence-electron chi connectivity index (χ1n) is 9.54. The van der Waals surface area contributed by atoms with Gasteiger partial charge in [0.15, 0.2) is 5.96 Å². The highest BCUT2D eigenvalue weighted by atomic mass is 16.5. The molecular weight excluding hydrogens is 326 g/mol. The van der Waals surface area contributed by atoms with Gasteiger partial charge in [0.2, 0.25) is 0 Å².